The van der Waals surface area contributed by atoms with Crippen molar-refractivity contribution in [3.63, 3.8) is 0 Å². The molecule has 0 rings (SSSR count). The minimum absolute atomic E-state index is 0. The summed E-state index contributed by atoms with van der Waals surface area (Å²) >= 11 is 0. The van der Waals surface area contributed by atoms with Gasteiger partial charge in [-0.25, -0.2) is 4.79 Å². The van der Waals surface area contributed by atoms with Gasteiger partial charge in [-0.15, -0.1) is 0 Å². The van der Waals surface area contributed by atoms with Crippen molar-refractivity contribution in [1.29, 1.82) is 0 Å². The van der Waals surface area contributed by atoms with Gasteiger partial charge in [0.2, 0.25) is 0 Å². The maximum Gasteiger partial charge on any atom is 0.330 e. The van der Waals surface area contributed by atoms with Crippen LogP contribution in [-0.4, -0.2) is 23.7 Å². The number of hydrogen-bond donors (Lipinski definition) is 1. The Morgan fingerprint density at radius 1 is 1.55 bits per heavy atom. The Balaban J connectivity index is 0. The molecule has 0 aromatic carbocycles. The second-order valence-electron chi connectivity index (χ2n) is 1.52. The molecule has 0 fully saturated rings. The largest absolute Gasteiger partial charge is 0.481 e. The van der Waals surface area contributed by atoms with E-state index in [1.165, 1.54) is 0 Å². The van der Waals surface area contributed by atoms with Crippen LogP contribution in [0.3, 0.4) is 0 Å². The van der Waals surface area contributed by atoms with Crippen LogP contribution in [0, 0.1) is 0 Å². The van der Waals surface area contributed by atoms with Gasteiger partial charge in [-0.2, -0.15) is 0 Å². The van der Waals surface area contributed by atoms with E-state index >= 15 is 0 Å². The summed E-state index contributed by atoms with van der Waals surface area (Å²) in [6, 6.07) is 0. The van der Waals surface area contributed by atoms with E-state index in [4.69, 9.17) is 5.11 Å². The van der Waals surface area contributed by atoms with Gasteiger partial charge < -0.3 is 9.84 Å². The van der Waals surface area contributed by atoms with Crippen molar-refractivity contribution >= 4 is 11.9 Å². The summed E-state index contributed by atoms with van der Waals surface area (Å²) < 4.78 is 4.36. The van der Waals surface area contributed by atoms with Crippen molar-refractivity contribution in [3.8, 4) is 0 Å². The number of carboxylic acids is 1. The first-order chi connectivity index (χ1) is 4.66. The predicted octanol–water partition coefficient (Wildman–Crippen LogP) is 0.188. The molecule has 0 aliphatic carbocycles. The molecular formula is C6H8O4Zn. The summed E-state index contributed by atoms with van der Waals surface area (Å²) in [5.74, 6) is -1.59. The van der Waals surface area contributed by atoms with Crippen LogP contribution >= 0.6 is 0 Å². The van der Waals surface area contributed by atoms with Gasteiger partial charge in [0.25, 0.3) is 0 Å². The van der Waals surface area contributed by atoms with E-state index in [-0.39, 0.29) is 32.5 Å². The summed E-state index contributed by atoms with van der Waals surface area (Å²) in [7, 11) is 0. The third-order valence-corrected chi connectivity index (χ3v) is 0.727. The molecule has 0 aromatic rings. The van der Waals surface area contributed by atoms with Gasteiger partial charge in [-0.1, -0.05) is 6.58 Å². The number of aliphatic carboxylic acids is 1. The third kappa shape index (κ3) is 9.30. The molecule has 0 heterocycles. The number of esters is 1. The first-order valence-electron chi connectivity index (χ1n) is 2.68. The summed E-state index contributed by atoms with van der Waals surface area (Å²) in [6.07, 6.45) is 0.821. The fraction of sp³-hybridized carbons (Fsp3) is 0.333. The molecule has 0 aliphatic rings. The van der Waals surface area contributed by atoms with E-state index < -0.39 is 11.9 Å². The van der Waals surface area contributed by atoms with Crippen LogP contribution in [0.1, 0.15) is 6.42 Å². The van der Waals surface area contributed by atoms with Crippen LogP contribution < -0.4 is 0 Å². The normalized spacial score (nSPS) is 7.64. The Morgan fingerprint density at radius 3 is 2.45 bits per heavy atom. The average molecular weight is 210 g/mol. The third-order valence-electron chi connectivity index (χ3n) is 0.727. The zero-order valence-electron chi connectivity index (χ0n) is 6.08. The molecule has 11 heavy (non-hydrogen) atoms. The SMILES string of the molecule is C=CC(=O)OCCC(=O)O.[Zn]. The molecule has 0 spiro atoms. The van der Waals surface area contributed by atoms with Crippen LogP contribution in [0.25, 0.3) is 0 Å². The molecule has 4 nitrogen and oxygen atoms in total. The van der Waals surface area contributed by atoms with Crippen molar-refractivity contribution < 1.29 is 38.9 Å². The quantitative estimate of drug-likeness (QED) is 0.408. The van der Waals surface area contributed by atoms with Crippen molar-refractivity contribution in [2.45, 2.75) is 6.42 Å². The van der Waals surface area contributed by atoms with E-state index in [1.807, 2.05) is 0 Å². The molecule has 0 amide bonds. The smallest absolute Gasteiger partial charge is 0.330 e. The van der Waals surface area contributed by atoms with Gasteiger partial charge in [0.1, 0.15) is 6.61 Å². The van der Waals surface area contributed by atoms with Crippen LogP contribution in [-0.2, 0) is 33.8 Å². The van der Waals surface area contributed by atoms with Crippen molar-refractivity contribution in [3.05, 3.63) is 12.7 Å². The Hall–Kier alpha value is -0.697. The molecular weight excluding hydrogens is 201 g/mol. The summed E-state index contributed by atoms with van der Waals surface area (Å²) in [5, 5.41) is 8.08. The number of rotatable bonds is 4. The van der Waals surface area contributed by atoms with Crippen LogP contribution in [0.5, 0.6) is 0 Å². The van der Waals surface area contributed by atoms with Gasteiger partial charge in [-0.05, 0) is 0 Å². The Kier molecular flexibility index (Phi) is 8.71. The second kappa shape index (κ2) is 7.41. The van der Waals surface area contributed by atoms with Crippen LogP contribution in [0.4, 0.5) is 0 Å². The van der Waals surface area contributed by atoms with Gasteiger partial charge >= 0.3 is 11.9 Å². The number of carboxylic acid groups (broad SMARTS) is 1. The molecule has 0 aromatic heterocycles. The summed E-state index contributed by atoms with van der Waals surface area (Å²) in [4.78, 5) is 20.1. The summed E-state index contributed by atoms with van der Waals surface area (Å²) in [5.41, 5.74) is 0. The van der Waals surface area contributed by atoms with Crippen molar-refractivity contribution in [1.82, 2.24) is 0 Å². The Morgan fingerprint density at radius 2 is 2.09 bits per heavy atom. The van der Waals surface area contributed by atoms with Gasteiger partial charge in [0.15, 0.2) is 0 Å². The van der Waals surface area contributed by atoms with Crippen molar-refractivity contribution in [2.75, 3.05) is 6.61 Å². The maximum absolute atomic E-state index is 10.3. The molecule has 0 unspecified atom stereocenters. The molecule has 5 heteroatoms. The monoisotopic (exact) mass is 208 g/mol. The first-order valence-corrected chi connectivity index (χ1v) is 2.68. The zero-order chi connectivity index (χ0) is 7.98. The van der Waals surface area contributed by atoms with E-state index in [9.17, 15) is 9.59 Å². The molecule has 0 bridgehead atoms. The maximum atomic E-state index is 10.3. The van der Waals surface area contributed by atoms with E-state index in [1.54, 1.807) is 0 Å². The van der Waals surface area contributed by atoms with Gasteiger partial charge in [0.05, 0.1) is 6.42 Å². The van der Waals surface area contributed by atoms with E-state index in [0.717, 1.165) is 6.08 Å². The molecule has 58 valence electrons. The van der Waals surface area contributed by atoms with Gasteiger partial charge in [0, 0.05) is 25.6 Å². The topological polar surface area (TPSA) is 63.6 Å². The van der Waals surface area contributed by atoms with Gasteiger partial charge in [-0.3, -0.25) is 4.79 Å². The molecule has 0 saturated carbocycles. The Labute approximate surface area is 77.0 Å². The minimum Gasteiger partial charge on any atom is -0.481 e. The van der Waals surface area contributed by atoms with Crippen LogP contribution in [0.2, 0.25) is 0 Å². The van der Waals surface area contributed by atoms with Crippen LogP contribution in [0.15, 0.2) is 12.7 Å². The summed E-state index contributed by atoms with van der Waals surface area (Å²) in [6.45, 7) is 3.04. The number of carbonyl (C=O) groups excluding carboxylic acids is 1. The molecule has 1 N–H and O–H groups in total. The average Bonchev–Trinajstić information content (AvgIpc) is 1.87. The number of carbonyl (C=O) groups is 2. The molecule has 0 saturated heterocycles. The number of ether oxygens (including phenoxy) is 1. The molecule has 0 radical (unpaired) electrons. The first kappa shape index (κ1) is 12.9. The predicted molar refractivity (Wildman–Crippen MR) is 33.4 cm³/mol. The number of hydrogen-bond acceptors (Lipinski definition) is 3. The fourth-order valence-corrected chi connectivity index (χ4v) is 0.298. The molecule has 0 aliphatic heterocycles. The second-order valence-corrected chi connectivity index (χ2v) is 1.52. The van der Waals surface area contributed by atoms with Crippen molar-refractivity contribution in [2.24, 2.45) is 0 Å². The minimum atomic E-state index is -0.989. The standard InChI is InChI=1S/C6H8O4.Zn/c1-2-6(9)10-4-3-5(7)8;/h2H,1,3-4H2,(H,7,8);. The Bertz CT molecular complexity index is 155. The zero-order valence-corrected chi connectivity index (χ0v) is 9.04. The van der Waals surface area contributed by atoms with E-state index in [0.29, 0.717) is 0 Å². The fourth-order valence-electron chi connectivity index (χ4n) is 0.298. The molecule has 0 atom stereocenters. The van der Waals surface area contributed by atoms with E-state index in [2.05, 4.69) is 11.3 Å².